The second-order valence-electron chi connectivity index (χ2n) is 5.35. The third-order valence-electron chi connectivity index (χ3n) is 3.69. The molecular weight excluding hydrogens is 240 g/mol. The van der Waals surface area contributed by atoms with Gasteiger partial charge in [0.2, 0.25) is 5.78 Å². The quantitative estimate of drug-likeness (QED) is 0.859. The molecule has 0 aliphatic carbocycles. The number of fused-ring (bicyclic) bond motifs is 1. The lowest BCUT2D eigenvalue weighted by Gasteiger charge is -2.27. The van der Waals surface area contributed by atoms with Gasteiger partial charge in [0.1, 0.15) is 0 Å². The molecule has 0 amide bonds. The third-order valence-corrected chi connectivity index (χ3v) is 3.69. The molecule has 19 heavy (non-hydrogen) atoms. The smallest absolute Gasteiger partial charge is 0.234 e. The van der Waals surface area contributed by atoms with E-state index in [4.69, 9.17) is 0 Å². The number of nitrogens with one attached hydrogen (secondary N) is 1. The van der Waals surface area contributed by atoms with Gasteiger partial charge in [0.05, 0.1) is 18.5 Å². The van der Waals surface area contributed by atoms with Crippen LogP contribution in [0.3, 0.4) is 0 Å². The highest BCUT2D eigenvalue weighted by Gasteiger charge is 2.20. The average molecular weight is 262 g/mol. The van der Waals surface area contributed by atoms with E-state index in [2.05, 4.69) is 29.1 Å². The molecule has 0 fully saturated rings. The molecule has 0 saturated carbocycles. The number of rotatable bonds is 5. The zero-order valence-corrected chi connectivity index (χ0v) is 12.1. The van der Waals surface area contributed by atoms with Gasteiger partial charge in [0.15, 0.2) is 0 Å². The highest BCUT2D eigenvalue weighted by atomic mass is 16.3. The maximum atomic E-state index is 9.42. The van der Waals surface area contributed by atoms with E-state index in [1.807, 2.05) is 30.5 Å². The molecule has 0 aliphatic heterocycles. The summed E-state index contributed by atoms with van der Waals surface area (Å²) in [7, 11) is 0. The molecule has 5 nitrogen and oxygen atoms in total. The molecule has 2 aromatic rings. The first-order chi connectivity index (χ1) is 8.99. The topological polar surface area (TPSA) is 62.5 Å². The van der Waals surface area contributed by atoms with Crippen LogP contribution in [0.1, 0.15) is 37.4 Å². The Morgan fingerprint density at radius 2 is 2.16 bits per heavy atom. The fourth-order valence-corrected chi connectivity index (χ4v) is 2.12. The van der Waals surface area contributed by atoms with Crippen molar-refractivity contribution in [2.45, 2.75) is 46.2 Å². The first-order valence-electron chi connectivity index (χ1n) is 6.65. The van der Waals surface area contributed by atoms with E-state index in [-0.39, 0.29) is 12.1 Å². The third kappa shape index (κ3) is 2.77. The minimum atomic E-state index is -0.254. The van der Waals surface area contributed by atoms with Gasteiger partial charge in [-0.05, 0) is 33.3 Å². The molecule has 2 N–H and O–H groups in total. The molecule has 2 rings (SSSR count). The van der Waals surface area contributed by atoms with Crippen LogP contribution in [0.25, 0.3) is 5.78 Å². The molecule has 104 valence electrons. The Kier molecular flexibility index (Phi) is 3.87. The lowest BCUT2D eigenvalue weighted by Crippen LogP contribution is -2.44. The molecule has 0 saturated heterocycles. The van der Waals surface area contributed by atoms with Crippen molar-refractivity contribution >= 4 is 5.78 Å². The van der Waals surface area contributed by atoms with Crippen LogP contribution in [0.15, 0.2) is 12.3 Å². The fraction of sp³-hybridized carbons (Fsp3) is 0.571. The summed E-state index contributed by atoms with van der Waals surface area (Å²) in [6, 6.07) is 2.04. The maximum absolute atomic E-state index is 9.42. The molecule has 5 heteroatoms. The van der Waals surface area contributed by atoms with Crippen LogP contribution in [0, 0.1) is 13.8 Å². The zero-order valence-electron chi connectivity index (χ0n) is 12.1. The zero-order chi connectivity index (χ0) is 14.0. The Hall–Kier alpha value is -1.46. The Labute approximate surface area is 113 Å². The second kappa shape index (κ2) is 5.27. The molecule has 0 aromatic carbocycles. The first-order valence-corrected chi connectivity index (χ1v) is 6.65. The number of aliphatic hydroxyl groups is 1. The van der Waals surface area contributed by atoms with Gasteiger partial charge in [0.25, 0.3) is 0 Å². The number of aliphatic hydroxyl groups excluding tert-OH is 1. The molecule has 0 bridgehead atoms. The number of nitrogens with zero attached hydrogens (tertiary/aromatic N) is 3. The second-order valence-corrected chi connectivity index (χ2v) is 5.35. The van der Waals surface area contributed by atoms with E-state index in [0.717, 1.165) is 29.3 Å². The first kappa shape index (κ1) is 14.0. The van der Waals surface area contributed by atoms with Gasteiger partial charge in [-0.15, -0.1) is 0 Å². The summed E-state index contributed by atoms with van der Waals surface area (Å²) in [4.78, 5) is 8.76. The molecule has 0 radical (unpaired) electrons. The summed E-state index contributed by atoms with van der Waals surface area (Å²) < 4.78 is 2.05. The van der Waals surface area contributed by atoms with Crippen LogP contribution in [0.5, 0.6) is 0 Å². The summed E-state index contributed by atoms with van der Waals surface area (Å²) >= 11 is 0. The highest BCUT2D eigenvalue weighted by molar-refractivity contribution is 5.35. The lowest BCUT2D eigenvalue weighted by atomic mass is 10.0. The van der Waals surface area contributed by atoms with Gasteiger partial charge in [-0.2, -0.15) is 0 Å². The lowest BCUT2D eigenvalue weighted by molar-refractivity contribution is 0.168. The summed E-state index contributed by atoms with van der Waals surface area (Å²) in [5.74, 6) is 0.733. The van der Waals surface area contributed by atoms with Crippen LogP contribution in [-0.2, 0) is 6.54 Å². The number of hydrogen-bond acceptors (Lipinski definition) is 4. The Balaban J connectivity index is 2.27. The molecule has 2 aromatic heterocycles. The van der Waals surface area contributed by atoms with Crippen molar-refractivity contribution in [1.29, 1.82) is 0 Å². The van der Waals surface area contributed by atoms with Crippen molar-refractivity contribution in [3.63, 3.8) is 0 Å². The van der Waals surface area contributed by atoms with Gasteiger partial charge in [-0.25, -0.2) is 9.97 Å². The predicted molar refractivity (Wildman–Crippen MR) is 75.1 cm³/mol. The molecule has 1 atom stereocenters. The Bertz CT molecular complexity index is 572. The van der Waals surface area contributed by atoms with Gasteiger partial charge >= 0.3 is 0 Å². The van der Waals surface area contributed by atoms with Crippen LogP contribution in [-0.4, -0.2) is 31.6 Å². The van der Waals surface area contributed by atoms with Crippen molar-refractivity contribution in [3.8, 4) is 0 Å². The summed E-state index contributed by atoms with van der Waals surface area (Å²) in [5, 5.41) is 12.8. The largest absolute Gasteiger partial charge is 0.394 e. The molecule has 0 spiro atoms. The molecule has 0 aliphatic rings. The van der Waals surface area contributed by atoms with Crippen LogP contribution in [0.4, 0.5) is 0 Å². The van der Waals surface area contributed by atoms with Crippen LogP contribution >= 0.6 is 0 Å². The number of aryl methyl sites for hydroxylation is 2. The summed E-state index contributed by atoms with van der Waals surface area (Å²) in [5.41, 5.74) is 2.91. The van der Waals surface area contributed by atoms with E-state index >= 15 is 0 Å². The molecular formula is C14H22N4O. The minimum Gasteiger partial charge on any atom is -0.394 e. The minimum absolute atomic E-state index is 0.122. The van der Waals surface area contributed by atoms with E-state index in [9.17, 15) is 5.11 Å². The predicted octanol–water partition coefficient (Wildman–Crippen LogP) is 1.60. The maximum Gasteiger partial charge on any atom is 0.234 e. The van der Waals surface area contributed by atoms with Crippen molar-refractivity contribution in [3.05, 3.63) is 29.3 Å². The number of aromatic nitrogens is 3. The highest BCUT2D eigenvalue weighted by Crippen LogP contribution is 2.13. The van der Waals surface area contributed by atoms with E-state index in [1.165, 1.54) is 0 Å². The fourth-order valence-electron chi connectivity index (χ4n) is 2.12. The Morgan fingerprint density at radius 3 is 2.79 bits per heavy atom. The number of hydrogen-bond donors (Lipinski definition) is 2. The summed E-state index contributed by atoms with van der Waals surface area (Å²) in [6.07, 6.45) is 2.71. The Morgan fingerprint density at radius 1 is 1.42 bits per heavy atom. The summed E-state index contributed by atoms with van der Waals surface area (Å²) in [6.45, 7) is 8.89. The van der Waals surface area contributed by atoms with Gasteiger partial charge in [-0.1, -0.05) is 6.92 Å². The van der Waals surface area contributed by atoms with E-state index in [0.29, 0.717) is 6.54 Å². The van der Waals surface area contributed by atoms with Gasteiger partial charge in [-0.3, -0.25) is 4.40 Å². The van der Waals surface area contributed by atoms with Crippen LogP contribution in [0.2, 0.25) is 0 Å². The monoisotopic (exact) mass is 262 g/mol. The van der Waals surface area contributed by atoms with E-state index < -0.39 is 0 Å². The van der Waals surface area contributed by atoms with Gasteiger partial charge < -0.3 is 10.4 Å². The van der Waals surface area contributed by atoms with Gasteiger partial charge in [0, 0.05) is 23.5 Å². The van der Waals surface area contributed by atoms with Crippen molar-refractivity contribution < 1.29 is 5.11 Å². The van der Waals surface area contributed by atoms with E-state index in [1.54, 1.807) is 0 Å². The van der Waals surface area contributed by atoms with Crippen molar-refractivity contribution in [2.75, 3.05) is 6.61 Å². The van der Waals surface area contributed by atoms with Crippen LogP contribution < -0.4 is 5.32 Å². The normalized spacial score (nSPS) is 14.8. The standard InChI is InChI=1S/C14H22N4O/c1-5-14(4,9-19)16-8-12-7-15-13-17-10(2)6-11(3)18(12)13/h6-7,16,19H,5,8-9H2,1-4H3. The molecule has 2 heterocycles. The molecule has 1 unspecified atom stereocenters. The number of imidazole rings is 1. The van der Waals surface area contributed by atoms with Crippen molar-refractivity contribution in [1.82, 2.24) is 19.7 Å². The van der Waals surface area contributed by atoms with Crippen molar-refractivity contribution in [2.24, 2.45) is 0 Å². The average Bonchev–Trinajstić information content (AvgIpc) is 2.79. The SMILES string of the molecule is CCC(C)(CO)NCc1cnc2nc(C)cc(C)n12.